The molecule has 3 rings (SSSR count). The highest BCUT2D eigenvalue weighted by Gasteiger charge is 2.10. The molecule has 1 N–H and O–H groups in total. The van der Waals surface area contributed by atoms with E-state index in [4.69, 9.17) is 5.26 Å². The molecule has 0 saturated heterocycles. The molecule has 2 aromatic heterocycles. The van der Waals surface area contributed by atoms with Gasteiger partial charge in [0.25, 0.3) is 5.56 Å². The van der Waals surface area contributed by atoms with Gasteiger partial charge in [-0.3, -0.25) is 9.36 Å². The summed E-state index contributed by atoms with van der Waals surface area (Å²) >= 11 is 0. The van der Waals surface area contributed by atoms with E-state index in [1.165, 1.54) is 4.57 Å². The van der Waals surface area contributed by atoms with Crippen molar-refractivity contribution in [2.45, 2.75) is 0 Å². The average Bonchev–Trinajstić information content (AvgIpc) is 2.47. The van der Waals surface area contributed by atoms with E-state index in [-0.39, 0.29) is 5.75 Å². The van der Waals surface area contributed by atoms with E-state index in [2.05, 4.69) is 4.98 Å². The van der Waals surface area contributed by atoms with Crippen molar-refractivity contribution in [2.24, 2.45) is 0 Å². The molecule has 0 aliphatic carbocycles. The fourth-order valence-corrected chi connectivity index (χ4v) is 2.10. The summed E-state index contributed by atoms with van der Waals surface area (Å²) in [6.45, 7) is 0. The van der Waals surface area contributed by atoms with Gasteiger partial charge in [-0.2, -0.15) is 5.26 Å². The van der Waals surface area contributed by atoms with Gasteiger partial charge in [0.15, 0.2) is 5.65 Å². The fraction of sp³-hybridized carbons (Fsp3) is 0. The standard InChI is InChI=1S/C15H9N3O2/c16-9-10-3-1-4-11(7-10)18-14(20)8-13(19)12-5-2-6-17-15(12)18/h1-8,19H. The van der Waals surface area contributed by atoms with Crippen LogP contribution in [0, 0.1) is 11.3 Å². The first-order chi connectivity index (χ1) is 9.70. The van der Waals surface area contributed by atoms with Crippen molar-refractivity contribution in [2.75, 3.05) is 0 Å². The molecule has 0 fully saturated rings. The van der Waals surface area contributed by atoms with Crippen molar-refractivity contribution < 1.29 is 5.11 Å². The minimum atomic E-state index is -0.399. The first-order valence-corrected chi connectivity index (χ1v) is 5.91. The zero-order chi connectivity index (χ0) is 14.1. The van der Waals surface area contributed by atoms with Crippen LogP contribution in [0.4, 0.5) is 0 Å². The van der Waals surface area contributed by atoms with Crippen molar-refractivity contribution >= 4 is 11.0 Å². The average molecular weight is 263 g/mol. The number of benzene rings is 1. The van der Waals surface area contributed by atoms with Gasteiger partial charge in [0, 0.05) is 12.3 Å². The zero-order valence-electron chi connectivity index (χ0n) is 10.3. The van der Waals surface area contributed by atoms with E-state index >= 15 is 0 Å². The lowest BCUT2D eigenvalue weighted by Crippen LogP contribution is -2.18. The highest BCUT2D eigenvalue weighted by Crippen LogP contribution is 2.22. The van der Waals surface area contributed by atoms with Crippen LogP contribution in [0.3, 0.4) is 0 Å². The smallest absolute Gasteiger partial charge is 0.260 e. The lowest BCUT2D eigenvalue weighted by molar-refractivity contribution is 0.480. The molecule has 5 nitrogen and oxygen atoms in total. The van der Waals surface area contributed by atoms with Crippen LogP contribution in [0.15, 0.2) is 53.5 Å². The molecule has 0 spiro atoms. The second-order valence-electron chi connectivity index (χ2n) is 4.24. The van der Waals surface area contributed by atoms with Crippen LogP contribution in [0.25, 0.3) is 16.7 Å². The topological polar surface area (TPSA) is 78.9 Å². The first-order valence-electron chi connectivity index (χ1n) is 5.91. The minimum Gasteiger partial charge on any atom is -0.507 e. The van der Waals surface area contributed by atoms with Crippen molar-refractivity contribution in [3.8, 4) is 17.5 Å². The molecule has 0 amide bonds. The summed E-state index contributed by atoms with van der Waals surface area (Å²) in [6, 6.07) is 13.2. The van der Waals surface area contributed by atoms with Crippen LogP contribution in [-0.4, -0.2) is 14.7 Å². The third kappa shape index (κ3) is 1.80. The molecule has 0 aliphatic rings. The highest BCUT2D eigenvalue weighted by molar-refractivity contribution is 5.82. The summed E-state index contributed by atoms with van der Waals surface area (Å²) in [4.78, 5) is 16.3. The summed E-state index contributed by atoms with van der Waals surface area (Å²) in [6.07, 6.45) is 1.55. The first kappa shape index (κ1) is 11.9. The van der Waals surface area contributed by atoms with Crippen LogP contribution in [0.2, 0.25) is 0 Å². The van der Waals surface area contributed by atoms with Crippen LogP contribution in [0.1, 0.15) is 5.56 Å². The number of aromatic nitrogens is 2. The molecule has 3 aromatic rings. The lowest BCUT2D eigenvalue weighted by Gasteiger charge is -2.10. The van der Waals surface area contributed by atoms with Crippen LogP contribution >= 0.6 is 0 Å². The summed E-state index contributed by atoms with van der Waals surface area (Å²) < 4.78 is 1.37. The van der Waals surface area contributed by atoms with Gasteiger partial charge in [0.1, 0.15) is 5.75 Å². The Balaban J connectivity index is 2.42. The molecule has 20 heavy (non-hydrogen) atoms. The maximum Gasteiger partial charge on any atom is 0.260 e. The molecule has 5 heteroatoms. The number of nitriles is 1. The van der Waals surface area contributed by atoms with Gasteiger partial charge in [-0.15, -0.1) is 0 Å². The molecule has 96 valence electrons. The van der Waals surface area contributed by atoms with Gasteiger partial charge in [-0.1, -0.05) is 6.07 Å². The van der Waals surface area contributed by atoms with Crippen molar-refractivity contribution in [3.05, 3.63) is 64.6 Å². The molecule has 0 saturated carbocycles. The number of fused-ring (bicyclic) bond motifs is 1. The van der Waals surface area contributed by atoms with E-state index in [0.717, 1.165) is 6.07 Å². The Hall–Kier alpha value is -3.13. The second kappa shape index (κ2) is 4.52. The van der Waals surface area contributed by atoms with Crippen LogP contribution in [-0.2, 0) is 0 Å². The zero-order valence-corrected chi connectivity index (χ0v) is 10.3. The molecule has 0 bridgehead atoms. The Kier molecular flexibility index (Phi) is 2.70. The molecule has 0 radical (unpaired) electrons. The molecule has 0 aliphatic heterocycles. The van der Waals surface area contributed by atoms with Gasteiger partial charge in [-0.05, 0) is 30.3 Å². The summed E-state index contributed by atoms with van der Waals surface area (Å²) in [7, 11) is 0. The van der Waals surface area contributed by atoms with Crippen molar-refractivity contribution in [3.63, 3.8) is 0 Å². The van der Waals surface area contributed by atoms with E-state index < -0.39 is 5.56 Å². The third-order valence-electron chi connectivity index (χ3n) is 2.99. The lowest BCUT2D eigenvalue weighted by atomic mass is 10.2. The van der Waals surface area contributed by atoms with Gasteiger partial charge < -0.3 is 5.11 Å². The predicted octanol–water partition coefficient (Wildman–Crippen LogP) is 1.96. The summed E-state index contributed by atoms with van der Waals surface area (Å²) in [5.41, 5.74) is 0.945. The van der Waals surface area contributed by atoms with E-state index in [1.807, 2.05) is 6.07 Å². The second-order valence-corrected chi connectivity index (χ2v) is 4.24. The Morgan fingerprint density at radius 3 is 2.85 bits per heavy atom. The van der Waals surface area contributed by atoms with E-state index in [0.29, 0.717) is 22.3 Å². The number of hydrogen-bond donors (Lipinski definition) is 1. The Labute approximate surface area is 114 Å². The summed E-state index contributed by atoms with van der Waals surface area (Å²) in [5.74, 6) is -0.106. The SMILES string of the molecule is N#Cc1cccc(-n2c(=O)cc(O)c3cccnc32)c1. The minimum absolute atomic E-state index is 0.106. The van der Waals surface area contributed by atoms with Crippen LogP contribution in [0.5, 0.6) is 5.75 Å². The number of hydrogen-bond acceptors (Lipinski definition) is 4. The van der Waals surface area contributed by atoms with Crippen molar-refractivity contribution in [1.82, 2.24) is 9.55 Å². The van der Waals surface area contributed by atoms with Gasteiger partial charge in [-0.25, -0.2) is 4.98 Å². The van der Waals surface area contributed by atoms with Gasteiger partial charge in [0.05, 0.1) is 22.7 Å². The van der Waals surface area contributed by atoms with Gasteiger partial charge in [0.2, 0.25) is 0 Å². The van der Waals surface area contributed by atoms with Crippen LogP contribution < -0.4 is 5.56 Å². The predicted molar refractivity (Wildman–Crippen MR) is 73.7 cm³/mol. The maximum atomic E-state index is 12.1. The molecular formula is C15H9N3O2. The largest absolute Gasteiger partial charge is 0.507 e. The Morgan fingerprint density at radius 1 is 1.20 bits per heavy atom. The highest BCUT2D eigenvalue weighted by atomic mass is 16.3. The van der Waals surface area contributed by atoms with E-state index in [9.17, 15) is 9.90 Å². The molecule has 2 heterocycles. The Morgan fingerprint density at radius 2 is 2.05 bits per heavy atom. The number of nitrogens with zero attached hydrogens (tertiary/aromatic N) is 3. The maximum absolute atomic E-state index is 12.1. The normalized spacial score (nSPS) is 10.3. The monoisotopic (exact) mass is 263 g/mol. The molecule has 1 aromatic carbocycles. The number of aromatic hydroxyl groups is 1. The number of pyridine rings is 2. The summed E-state index contributed by atoms with van der Waals surface area (Å²) in [5, 5.41) is 19.2. The molecule has 0 atom stereocenters. The molecular weight excluding hydrogens is 254 g/mol. The molecule has 0 unspecified atom stereocenters. The van der Waals surface area contributed by atoms with Gasteiger partial charge >= 0.3 is 0 Å². The Bertz CT molecular complexity index is 907. The fourth-order valence-electron chi connectivity index (χ4n) is 2.10. The third-order valence-corrected chi connectivity index (χ3v) is 2.99. The van der Waals surface area contributed by atoms with Crippen molar-refractivity contribution in [1.29, 1.82) is 5.26 Å². The van der Waals surface area contributed by atoms with E-state index in [1.54, 1.807) is 42.6 Å². The number of rotatable bonds is 1. The quantitative estimate of drug-likeness (QED) is 0.728.